The minimum atomic E-state index is -3.79. The van der Waals surface area contributed by atoms with Crippen LogP contribution >= 0.6 is 26.6 Å². The predicted molar refractivity (Wildman–Crippen MR) is 76.8 cm³/mol. The molecule has 0 atom stereocenters. The molecule has 0 aliphatic heterocycles. The van der Waals surface area contributed by atoms with Crippen molar-refractivity contribution in [3.05, 3.63) is 22.7 Å². The largest absolute Gasteiger partial charge is 0.492 e. The van der Waals surface area contributed by atoms with E-state index in [0.717, 1.165) is 25.7 Å². The summed E-state index contributed by atoms with van der Waals surface area (Å²) in [5.41, 5.74) is 0. The van der Waals surface area contributed by atoms with E-state index < -0.39 is 9.05 Å². The standard InChI is InChI=1S/C12H16BrClO3S/c1-2-3-4-5-8-17-11-7-6-10(13)9-12(11)18(14,15)16/h6-7,9H,2-5,8H2,1H3. The molecule has 0 aromatic heterocycles. The van der Waals surface area contributed by atoms with Crippen LogP contribution in [-0.2, 0) is 9.05 Å². The number of benzene rings is 1. The van der Waals surface area contributed by atoms with E-state index in [4.69, 9.17) is 15.4 Å². The lowest BCUT2D eigenvalue weighted by atomic mass is 10.2. The molecule has 3 nitrogen and oxygen atoms in total. The third-order valence-electron chi connectivity index (χ3n) is 2.42. The van der Waals surface area contributed by atoms with Gasteiger partial charge < -0.3 is 4.74 Å². The van der Waals surface area contributed by atoms with E-state index >= 15 is 0 Å². The van der Waals surface area contributed by atoms with Crippen LogP contribution < -0.4 is 4.74 Å². The van der Waals surface area contributed by atoms with Crippen molar-refractivity contribution in [3.8, 4) is 5.75 Å². The van der Waals surface area contributed by atoms with Gasteiger partial charge in [-0.25, -0.2) is 8.42 Å². The van der Waals surface area contributed by atoms with Gasteiger partial charge in [-0.2, -0.15) is 0 Å². The number of ether oxygens (including phenoxy) is 1. The second-order valence-corrected chi connectivity index (χ2v) is 7.39. The minimum absolute atomic E-state index is 0.00836. The predicted octanol–water partition coefficient (Wildman–Crippen LogP) is 4.34. The summed E-state index contributed by atoms with van der Waals surface area (Å²) in [6, 6.07) is 4.79. The quantitative estimate of drug-likeness (QED) is 0.540. The molecule has 18 heavy (non-hydrogen) atoms. The second kappa shape index (κ2) is 7.36. The van der Waals surface area contributed by atoms with Crippen LogP contribution in [0.25, 0.3) is 0 Å². The average molecular weight is 356 g/mol. The average Bonchev–Trinajstić information content (AvgIpc) is 2.29. The van der Waals surface area contributed by atoms with E-state index in [9.17, 15) is 8.42 Å². The van der Waals surface area contributed by atoms with Crippen LogP contribution in [0.4, 0.5) is 0 Å². The van der Waals surface area contributed by atoms with E-state index in [0.29, 0.717) is 16.8 Å². The summed E-state index contributed by atoms with van der Waals surface area (Å²) in [6.07, 6.45) is 4.30. The Kier molecular flexibility index (Phi) is 6.46. The summed E-state index contributed by atoms with van der Waals surface area (Å²) in [7, 11) is 1.58. The lowest BCUT2D eigenvalue weighted by Gasteiger charge is -2.09. The fourth-order valence-corrected chi connectivity index (χ4v) is 3.01. The first-order valence-corrected chi connectivity index (χ1v) is 8.92. The Labute approximate surface area is 121 Å². The second-order valence-electron chi connectivity index (χ2n) is 3.94. The molecule has 0 fully saturated rings. The maximum atomic E-state index is 11.4. The van der Waals surface area contributed by atoms with E-state index in [1.165, 1.54) is 6.07 Å². The summed E-state index contributed by atoms with van der Waals surface area (Å²) in [5.74, 6) is 0.310. The van der Waals surface area contributed by atoms with Gasteiger partial charge in [0.05, 0.1) is 6.61 Å². The van der Waals surface area contributed by atoms with Crippen molar-refractivity contribution < 1.29 is 13.2 Å². The van der Waals surface area contributed by atoms with Crippen LogP contribution in [0, 0.1) is 0 Å². The monoisotopic (exact) mass is 354 g/mol. The Morgan fingerprint density at radius 1 is 1.28 bits per heavy atom. The highest BCUT2D eigenvalue weighted by Gasteiger charge is 2.17. The molecule has 1 rings (SSSR count). The molecule has 0 unspecified atom stereocenters. The van der Waals surface area contributed by atoms with Crippen molar-refractivity contribution >= 4 is 35.7 Å². The first kappa shape index (κ1) is 15.8. The number of unbranched alkanes of at least 4 members (excludes halogenated alkanes) is 3. The fraction of sp³-hybridized carbons (Fsp3) is 0.500. The lowest BCUT2D eigenvalue weighted by molar-refractivity contribution is 0.297. The van der Waals surface area contributed by atoms with Crippen LogP contribution in [0.3, 0.4) is 0 Å². The SMILES string of the molecule is CCCCCCOc1ccc(Br)cc1S(=O)(=O)Cl. The van der Waals surface area contributed by atoms with Gasteiger partial charge in [-0.15, -0.1) is 0 Å². The van der Waals surface area contributed by atoms with Gasteiger partial charge in [-0.3, -0.25) is 0 Å². The van der Waals surface area contributed by atoms with E-state index in [2.05, 4.69) is 22.9 Å². The maximum Gasteiger partial charge on any atom is 0.265 e. The molecule has 0 heterocycles. The summed E-state index contributed by atoms with van der Waals surface area (Å²) in [5, 5.41) is 0. The van der Waals surface area contributed by atoms with Crippen molar-refractivity contribution in [1.82, 2.24) is 0 Å². The first-order valence-electron chi connectivity index (χ1n) is 5.82. The zero-order valence-corrected chi connectivity index (χ0v) is 13.3. The van der Waals surface area contributed by atoms with Gasteiger partial charge in [0.2, 0.25) is 0 Å². The third-order valence-corrected chi connectivity index (χ3v) is 4.26. The molecule has 0 saturated carbocycles. The maximum absolute atomic E-state index is 11.4. The molecule has 0 aliphatic rings. The molecule has 0 aliphatic carbocycles. The molecular weight excluding hydrogens is 340 g/mol. The third kappa shape index (κ3) is 5.16. The highest BCUT2D eigenvalue weighted by Crippen LogP contribution is 2.30. The van der Waals surface area contributed by atoms with Gasteiger partial charge in [0.1, 0.15) is 10.6 Å². The molecular formula is C12H16BrClO3S. The van der Waals surface area contributed by atoms with Crippen LogP contribution in [0.2, 0.25) is 0 Å². The van der Waals surface area contributed by atoms with Crippen molar-refractivity contribution in [1.29, 1.82) is 0 Å². The van der Waals surface area contributed by atoms with Crippen LogP contribution in [0.15, 0.2) is 27.6 Å². The summed E-state index contributed by atoms with van der Waals surface area (Å²) < 4.78 is 28.9. The summed E-state index contributed by atoms with van der Waals surface area (Å²) in [4.78, 5) is 0.00836. The molecule has 1 aromatic carbocycles. The molecule has 102 valence electrons. The van der Waals surface area contributed by atoms with Crippen molar-refractivity contribution in [2.24, 2.45) is 0 Å². The van der Waals surface area contributed by atoms with Crippen LogP contribution in [-0.4, -0.2) is 15.0 Å². The van der Waals surface area contributed by atoms with Gasteiger partial charge in [0.15, 0.2) is 0 Å². The van der Waals surface area contributed by atoms with Gasteiger partial charge in [0, 0.05) is 15.2 Å². The lowest BCUT2D eigenvalue weighted by Crippen LogP contribution is -2.02. The summed E-state index contributed by atoms with van der Waals surface area (Å²) in [6.45, 7) is 2.63. The summed E-state index contributed by atoms with van der Waals surface area (Å²) >= 11 is 3.21. The minimum Gasteiger partial charge on any atom is -0.492 e. The zero-order valence-electron chi connectivity index (χ0n) is 10.2. The number of halogens is 2. The van der Waals surface area contributed by atoms with E-state index in [1.54, 1.807) is 12.1 Å². The van der Waals surface area contributed by atoms with Gasteiger partial charge >= 0.3 is 0 Å². The topological polar surface area (TPSA) is 43.4 Å². The van der Waals surface area contributed by atoms with Gasteiger partial charge in [0.25, 0.3) is 9.05 Å². The van der Waals surface area contributed by atoms with Crippen molar-refractivity contribution in [2.45, 2.75) is 37.5 Å². The first-order chi connectivity index (χ1) is 8.45. The van der Waals surface area contributed by atoms with Crippen LogP contribution in [0.1, 0.15) is 32.6 Å². The molecule has 0 amide bonds. The number of rotatable bonds is 7. The van der Waals surface area contributed by atoms with Crippen LogP contribution in [0.5, 0.6) is 5.75 Å². The number of hydrogen-bond acceptors (Lipinski definition) is 3. The molecule has 0 bridgehead atoms. The highest BCUT2D eigenvalue weighted by molar-refractivity contribution is 9.10. The van der Waals surface area contributed by atoms with Gasteiger partial charge in [-0.1, -0.05) is 42.1 Å². The Hall–Kier alpha value is -0.260. The smallest absolute Gasteiger partial charge is 0.265 e. The van der Waals surface area contributed by atoms with E-state index in [-0.39, 0.29) is 4.90 Å². The molecule has 0 radical (unpaired) electrons. The molecule has 0 N–H and O–H groups in total. The molecule has 0 saturated heterocycles. The Morgan fingerprint density at radius 2 is 2.00 bits per heavy atom. The Bertz CT molecular complexity index is 488. The fourth-order valence-electron chi connectivity index (χ4n) is 1.50. The molecule has 0 spiro atoms. The van der Waals surface area contributed by atoms with Crippen molar-refractivity contribution in [3.63, 3.8) is 0 Å². The number of hydrogen-bond donors (Lipinski definition) is 0. The Morgan fingerprint density at radius 3 is 2.61 bits per heavy atom. The van der Waals surface area contributed by atoms with Crippen molar-refractivity contribution in [2.75, 3.05) is 6.61 Å². The molecule has 6 heteroatoms. The normalized spacial score (nSPS) is 11.5. The van der Waals surface area contributed by atoms with Gasteiger partial charge in [-0.05, 0) is 24.6 Å². The van der Waals surface area contributed by atoms with E-state index in [1.807, 2.05) is 0 Å². The molecule has 1 aromatic rings. The zero-order chi connectivity index (χ0) is 13.6. The Balaban J connectivity index is 2.71. The highest BCUT2D eigenvalue weighted by atomic mass is 79.9.